The molecule has 2 aromatic carbocycles. The van der Waals surface area contributed by atoms with Crippen LogP contribution in [0.4, 0.5) is 15.8 Å². The average molecular weight is 455 g/mol. The Kier molecular flexibility index (Phi) is 7.22. The van der Waals surface area contributed by atoms with Crippen molar-refractivity contribution in [2.75, 3.05) is 56.1 Å². The molecule has 6 nitrogen and oxygen atoms in total. The van der Waals surface area contributed by atoms with Crippen LogP contribution >= 0.6 is 12.2 Å². The standard InChI is InChI=1S/C24H31FN6S/c1-29-11-13-31(14-12-29)22-16-23(21(25)15-20(22)17-27-28-24(26)32)30-9-7-19(8-10-30)18-5-3-2-4-6-18/h2-6,15-17,19H,7-14H2,1H3,(H3,26,28,32)/b27-17+. The van der Waals surface area contributed by atoms with Crippen LogP contribution in [-0.4, -0.2) is 62.5 Å². The zero-order valence-corrected chi connectivity index (χ0v) is 19.3. The van der Waals surface area contributed by atoms with Gasteiger partial charge in [0.2, 0.25) is 0 Å². The van der Waals surface area contributed by atoms with E-state index >= 15 is 4.39 Å². The number of hydrazone groups is 1. The van der Waals surface area contributed by atoms with E-state index in [1.165, 1.54) is 5.56 Å². The van der Waals surface area contributed by atoms with Gasteiger partial charge in [0.1, 0.15) is 5.82 Å². The molecule has 4 rings (SSSR count). The van der Waals surface area contributed by atoms with Gasteiger partial charge in [-0.05, 0) is 55.7 Å². The third-order valence-corrected chi connectivity index (χ3v) is 6.52. The van der Waals surface area contributed by atoms with Crippen LogP contribution in [0.25, 0.3) is 0 Å². The lowest BCUT2D eigenvalue weighted by Gasteiger charge is -2.37. The number of hydrogen-bond donors (Lipinski definition) is 2. The van der Waals surface area contributed by atoms with Gasteiger partial charge < -0.3 is 20.4 Å². The number of hydrogen-bond acceptors (Lipinski definition) is 5. The molecule has 3 N–H and O–H groups in total. The van der Waals surface area contributed by atoms with E-state index in [-0.39, 0.29) is 10.9 Å². The summed E-state index contributed by atoms with van der Waals surface area (Å²) in [5.41, 5.74) is 11.8. The summed E-state index contributed by atoms with van der Waals surface area (Å²) >= 11 is 4.81. The number of nitrogens with zero attached hydrogens (tertiary/aromatic N) is 4. The van der Waals surface area contributed by atoms with E-state index in [0.717, 1.165) is 63.4 Å². The molecule has 0 atom stereocenters. The van der Waals surface area contributed by atoms with E-state index in [0.29, 0.717) is 11.6 Å². The summed E-state index contributed by atoms with van der Waals surface area (Å²) < 4.78 is 15.2. The minimum Gasteiger partial charge on any atom is -0.375 e. The first-order valence-electron chi connectivity index (χ1n) is 11.2. The molecule has 8 heteroatoms. The topological polar surface area (TPSA) is 60.1 Å². The molecule has 0 spiro atoms. The van der Waals surface area contributed by atoms with E-state index in [1.54, 1.807) is 12.3 Å². The summed E-state index contributed by atoms with van der Waals surface area (Å²) in [6.45, 7) is 5.40. The average Bonchev–Trinajstić information content (AvgIpc) is 2.80. The number of halogens is 1. The van der Waals surface area contributed by atoms with Crippen molar-refractivity contribution in [3.05, 3.63) is 59.4 Å². The van der Waals surface area contributed by atoms with E-state index in [9.17, 15) is 0 Å². The van der Waals surface area contributed by atoms with Gasteiger partial charge in [-0.15, -0.1) is 0 Å². The highest BCUT2D eigenvalue weighted by Crippen LogP contribution is 2.35. The molecule has 2 aliphatic rings. The maximum absolute atomic E-state index is 15.2. The van der Waals surface area contributed by atoms with Crippen molar-refractivity contribution in [1.82, 2.24) is 10.3 Å². The van der Waals surface area contributed by atoms with Crippen LogP contribution in [0.2, 0.25) is 0 Å². The summed E-state index contributed by atoms with van der Waals surface area (Å²) in [6, 6.07) is 14.2. The number of anilines is 2. The maximum Gasteiger partial charge on any atom is 0.184 e. The summed E-state index contributed by atoms with van der Waals surface area (Å²) in [5.74, 6) is 0.308. The molecule has 0 amide bonds. The predicted molar refractivity (Wildman–Crippen MR) is 134 cm³/mol. The Morgan fingerprint density at radius 3 is 2.34 bits per heavy atom. The number of piperazine rings is 1. The van der Waals surface area contributed by atoms with Crippen molar-refractivity contribution < 1.29 is 4.39 Å². The first-order chi connectivity index (χ1) is 15.5. The Morgan fingerprint density at radius 1 is 1.03 bits per heavy atom. The van der Waals surface area contributed by atoms with Crippen LogP contribution in [0.15, 0.2) is 47.6 Å². The Hall–Kier alpha value is -2.71. The second-order valence-corrected chi connectivity index (χ2v) is 9.00. The molecule has 32 heavy (non-hydrogen) atoms. The monoisotopic (exact) mass is 454 g/mol. The van der Waals surface area contributed by atoms with Gasteiger partial charge in [0.15, 0.2) is 5.11 Å². The minimum atomic E-state index is -0.224. The van der Waals surface area contributed by atoms with Crippen molar-refractivity contribution in [2.24, 2.45) is 10.8 Å². The van der Waals surface area contributed by atoms with Crippen LogP contribution in [-0.2, 0) is 0 Å². The van der Waals surface area contributed by atoms with Gasteiger partial charge in [-0.3, -0.25) is 5.43 Å². The Balaban J connectivity index is 1.56. The number of rotatable bonds is 5. The second-order valence-electron chi connectivity index (χ2n) is 8.56. The third kappa shape index (κ3) is 5.37. The molecule has 2 aromatic rings. The highest BCUT2D eigenvalue weighted by atomic mass is 32.1. The van der Waals surface area contributed by atoms with E-state index in [1.807, 2.05) is 6.07 Å². The quantitative estimate of drug-likeness (QED) is 0.411. The molecular formula is C24H31FN6S. The fraction of sp³-hybridized carbons (Fsp3) is 0.417. The first-order valence-corrected chi connectivity index (χ1v) is 11.6. The Labute approximate surface area is 194 Å². The van der Waals surface area contributed by atoms with Gasteiger partial charge in [-0.2, -0.15) is 5.10 Å². The third-order valence-electron chi connectivity index (χ3n) is 6.43. The lowest BCUT2D eigenvalue weighted by Crippen LogP contribution is -2.45. The molecule has 0 bridgehead atoms. The summed E-state index contributed by atoms with van der Waals surface area (Å²) in [7, 11) is 2.12. The molecular weight excluding hydrogens is 423 g/mol. The zero-order chi connectivity index (χ0) is 22.5. The summed E-state index contributed by atoms with van der Waals surface area (Å²) in [5, 5.41) is 4.16. The largest absolute Gasteiger partial charge is 0.375 e. The molecule has 2 saturated heterocycles. The summed E-state index contributed by atoms with van der Waals surface area (Å²) in [6.07, 6.45) is 3.64. The van der Waals surface area contributed by atoms with Crippen molar-refractivity contribution in [3.63, 3.8) is 0 Å². The van der Waals surface area contributed by atoms with E-state index in [2.05, 4.69) is 62.6 Å². The second kappa shape index (κ2) is 10.3. The fourth-order valence-corrected chi connectivity index (χ4v) is 4.63. The number of thiocarbonyl (C=S) groups is 1. The first kappa shape index (κ1) is 22.5. The fourth-order valence-electron chi connectivity index (χ4n) is 4.58. The molecule has 0 aliphatic carbocycles. The molecule has 2 fully saturated rings. The molecule has 170 valence electrons. The van der Waals surface area contributed by atoms with E-state index in [4.69, 9.17) is 18.0 Å². The molecule has 2 aliphatic heterocycles. The highest BCUT2D eigenvalue weighted by Gasteiger charge is 2.25. The normalized spacial score (nSPS) is 18.3. The maximum atomic E-state index is 15.2. The lowest BCUT2D eigenvalue weighted by molar-refractivity contribution is 0.313. The van der Waals surface area contributed by atoms with Crippen LogP contribution < -0.4 is 21.0 Å². The van der Waals surface area contributed by atoms with Gasteiger partial charge in [0.25, 0.3) is 0 Å². The molecule has 0 unspecified atom stereocenters. The zero-order valence-electron chi connectivity index (χ0n) is 18.5. The van der Waals surface area contributed by atoms with Gasteiger partial charge in [-0.25, -0.2) is 4.39 Å². The van der Waals surface area contributed by atoms with Gasteiger partial charge >= 0.3 is 0 Å². The molecule has 2 heterocycles. The number of nitrogens with two attached hydrogens (primary N) is 1. The van der Waals surface area contributed by atoms with Crippen molar-refractivity contribution in [3.8, 4) is 0 Å². The Morgan fingerprint density at radius 2 is 1.69 bits per heavy atom. The molecule has 0 radical (unpaired) electrons. The SMILES string of the molecule is CN1CCN(c2cc(N3CCC(c4ccccc4)CC3)c(F)cc2/C=N/NC(N)=S)CC1. The van der Waals surface area contributed by atoms with Crippen LogP contribution in [0.1, 0.15) is 29.9 Å². The predicted octanol–water partition coefficient (Wildman–Crippen LogP) is 3.13. The Bertz CT molecular complexity index is 950. The van der Waals surface area contributed by atoms with Crippen LogP contribution in [0.5, 0.6) is 0 Å². The van der Waals surface area contributed by atoms with Gasteiger partial charge in [-0.1, -0.05) is 30.3 Å². The van der Waals surface area contributed by atoms with Crippen molar-refractivity contribution in [1.29, 1.82) is 0 Å². The minimum absolute atomic E-state index is 0.0841. The van der Waals surface area contributed by atoms with Crippen LogP contribution in [0.3, 0.4) is 0 Å². The number of nitrogens with one attached hydrogen (secondary N) is 1. The molecule has 0 saturated carbocycles. The lowest BCUT2D eigenvalue weighted by atomic mass is 9.89. The van der Waals surface area contributed by atoms with Crippen molar-refractivity contribution in [2.45, 2.75) is 18.8 Å². The number of piperidine rings is 1. The van der Waals surface area contributed by atoms with E-state index < -0.39 is 0 Å². The number of benzene rings is 2. The number of likely N-dealkylation sites (N-methyl/N-ethyl adjacent to an activating group) is 1. The summed E-state index contributed by atoms with van der Waals surface area (Å²) in [4.78, 5) is 6.79. The highest BCUT2D eigenvalue weighted by molar-refractivity contribution is 7.80. The van der Waals surface area contributed by atoms with Crippen molar-refractivity contribution >= 4 is 34.9 Å². The van der Waals surface area contributed by atoms with Gasteiger partial charge in [0, 0.05) is 50.5 Å². The van der Waals surface area contributed by atoms with Gasteiger partial charge in [0.05, 0.1) is 11.9 Å². The van der Waals surface area contributed by atoms with Crippen LogP contribution in [0, 0.1) is 5.82 Å². The molecule has 0 aromatic heterocycles. The smallest absolute Gasteiger partial charge is 0.184 e.